The molecule has 0 aliphatic rings. The van der Waals surface area contributed by atoms with Crippen LogP contribution in [0.5, 0.6) is 0 Å². The highest BCUT2D eigenvalue weighted by Crippen LogP contribution is 2.08. The molecule has 0 saturated heterocycles. The summed E-state index contributed by atoms with van der Waals surface area (Å²) in [6.45, 7) is 5.56. The lowest BCUT2D eigenvalue weighted by Gasteiger charge is -2.05. The normalized spacial score (nSPS) is 11.5. The summed E-state index contributed by atoms with van der Waals surface area (Å²) in [6.07, 6.45) is -0.852. The van der Waals surface area contributed by atoms with Crippen LogP contribution in [0.3, 0.4) is 0 Å². The van der Waals surface area contributed by atoms with Crippen LogP contribution in [0.4, 0.5) is 0 Å². The molecule has 1 aromatic heterocycles. The molecule has 3 nitrogen and oxygen atoms in total. The fourth-order valence-electron chi connectivity index (χ4n) is 0.843. The highest BCUT2D eigenvalue weighted by atomic mass is 16.3. The second-order valence-corrected chi connectivity index (χ2v) is 2.40. The lowest BCUT2D eigenvalue weighted by Crippen LogP contribution is -2.05. The molecule has 1 atom stereocenters. The van der Waals surface area contributed by atoms with E-state index in [1.807, 2.05) is 26.8 Å². The van der Waals surface area contributed by atoms with Crippen molar-refractivity contribution >= 4 is 0 Å². The molecule has 74 valence electrons. The molecule has 0 spiro atoms. The molecule has 0 aliphatic carbocycles. The van der Waals surface area contributed by atoms with Crippen molar-refractivity contribution in [2.75, 3.05) is 6.61 Å². The standard InChI is InChI=1S/C8H11NO2.C2H6/c1-6-3-2-4-7(9-6)8(11)5-10;1-2/h2-4,8,10-11H,5H2,1H3;1-2H3. The van der Waals surface area contributed by atoms with Gasteiger partial charge in [0.2, 0.25) is 0 Å². The van der Waals surface area contributed by atoms with E-state index in [0.717, 1.165) is 5.69 Å². The van der Waals surface area contributed by atoms with Crippen LogP contribution in [0.15, 0.2) is 18.2 Å². The van der Waals surface area contributed by atoms with E-state index in [4.69, 9.17) is 10.2 Å². The van der Waals surface area contributed by atoms with Crippen molar-refractivity contribution in [1.29, 1.82) is 0 Å². The molecule has 0 aliphatic heterocycles. The van der Waals surface area contributed by atoms with Gasteiger partial charge in [0.1, 0.15) is 6.10 Å². The van der Waals surface area contributed by atoms with E-state index >= 15 is 0 Å². The van der Waals surface area contributed by atoms with Crippen molar-refractivity contribution in [3.63, 3.8) is 0 Å². The number of pyridine rings is 1. The minimum Gasteiger partial charge on any atom is -0.393 e. The van der Waals surface area contributed by atoms with E-state index in [1.165, 1.54) is 0 Å². The molecule has 1 unspecified atom stereocenters. The Balaban J connectivity index is 0.000000671. The van der Waals surface area contributed by atoms with Crippen molar-refractivity contribution in [3.8, 4) is 0 Å². The quantitative estimate of drug-likeness (QED) is 0.729. The molecular weight excluding hydrogens is 166 g/mol. The second-order valence-electron chi connectivity index (χ2n) is 2.40. The van der Waals surface area contributed by atoms with Crippen LogP contribution in [-0.4, -0.2) is 21.8 Å². The molecule has 0 bridgehead atoms. The van der Waals surface area contributed by atoms with Gasteiger partial charge in [0.05, 0.1) is 12.3 Å². The van der Waals surface area contributed by atoms with Gasteiger partial charge in [0.25, 0.3) is 0 Å². The number of nitrogens with zero attached hydrogens (tertiary/aromatic N) is 1. The fraction of sp³-hybridized carbons (Fsp3) is 0.500. The van der Waals surface area contributed by atoms with Gasteiger partial charge in [-0.3, -0.25) is 4.98 Å². The van der Waals surface area contributed by atoms with E-state index < -0.39 is 6.10 Å². The van der Waals surface area contributed by atoms with Gasteiger partial charge in [-0.1, -0.05) is 19.9 Å². The Kier molecular flexibility index (Phi) is 6.10. The van der Waals surface area contributed by atoms with Gasteiger partial charge in [-0.25, -0.2) is 0 Å². The molecule has 0 saturated carbocycles. The second kappa shape index (κ2) is 6.57. The average molecular weight is 183 g/mol. The Bertz CT molecular complexity index is 238. The first-order chi connectivity index (χ1) is 6.24. The van der Waals surface area contributed by atoms with Gasteiger partial charge in [-0.15, -0.1) is 0 Å². The van der Waals surface area contributed by atoms with Crippen molar-refractivity contribution < 1.29 is 10.2 Å². The number of aliphatic hydroxyl groups excluding tert-OH is 2. The highest BCUT2D eigenvalue weighted by molar-refractivity contribution is 5.11. The van der Waals surface area contributed by atoms with E-state index in [9.17, 15) is 0 Å². The predicted octanol–water partition coefficient (Wildman–Crippen LogP) is 1.44. The third-order valence-corrected chi connectivity index (χ3v) is 1.42. The first-order valence-electron chi connectivity index (χ1n) is 4.46. The topological polar surface area (TPSA) is 53.4 Å². The Labute approximate surface area is 79.1 Å². The zero-order chi connectivity index (χ0) is 10.3. The van der Waals surface area contributed by atoms with E-state index in [0.29, 0.717) is 5.69 Å². The number of hydrogen-bond acceptors (Lipinski definition) is 3. The zero-order valence-electron chi connectivity index (χ0n) is 8.36. The Hall–Kier alpha value is -0.930. The summed E-state index contributed by atoms with van der Waals surface area (Å²) in [5.74, 6) is 0. The van der Waals surface area contributed by atoms with Crippen molar-refractivity contribution in [1.82, 2.24) is 4.98 Å². The maximum atomic E-state index is 9.14. The first kappa shape index (κ1) is 12.1. The number of hydrogen-bond donors (Lipinski definition) is 2. The zero-order valence-corrected chi connectivity index (χ0v) is 8.36. The summed E-state index contributed by atoms with van der Waals surface area (Å²) in [7, 11) is 0. The SMILES string of the molecule is CC.Cc1cccc(C(O)CO)n1. The smallest absolute Gasteiger partial charge is 0.119 e. The van der Waals surface area contributed by atoms with Crippen LogP contribution in [0.25, 0.3) is 0 Å². The molecule has 0 fully saturated rings. The van der Waals surface area contributed by atoms with Gasteiger partial charge in [0, 0.05) is 5.69 Å². The molecule has 1 heterocycles. The summed E-state index contributed by atoms with van der Waals surface area (Å²) in [5, 5.41) is 17.7. The first-order valence-corrected chi connectivity index (χ1v) is 4.46. The van der Waals surface area contributed by atoms with Gasteiger partial charge in [0.15, 0.2) is 0 Å². The van der Waals surface area contributed by atoms with Crippen LogP contribution < -0.4 is 0 Å². The van der Waals surface area contributed by atoms with E-state index in [-0.39, 0.29) is 6.61 Å². The molecule has 2 N–H and O–H groups in total. The molecular formula is C10H17NO2. The highest BCUT2D eigenvalue weighted by Gasteiger charge is 2.05. The summed E-state index contributed by atoms with van der Waals surface area (Å²) in [4.78, 5) is 4.03. The third-order valence-electron chi connectivity index (χ3n) is 1.42. The third kappa shape index (κ3) is 4.01. The molecule has 0 aromatic carbocycles. The minimum atomic E-state index is -0.852. The van der Waals surface area contributed by atoms with E-state index in [2.05, 4.69) is 4.98 Å². The maximum absolute atomic E-state index is 9.14. The van der Waals surface area contributed by atoms with E-state index in [1.54, 1.807) is 12.1 Å². The van der Waals surface area contributed by atoms with Gasteiger partial charge in [-0.2, -0.15) is 0 Å². The maximum Gasteiger partial charge on any atom is 0.119 e. The van der Waals surface area contributed by atoms with Crippen molar-refractivity contribution in [2.24, 2.45) is 0 Å². The lowest BCUT2D eigenvalue weighted by molar-refractivity contribution is 0.0921. The lowest BCUT2D eigenvalue weighted by atomic mass is 10.2. The Morgan fingerprint density at radius 2 is 2.00 bits per heavy atom. The van der Waals surface area contributed by atoms with Crippen LogP contribution >= 0.6 is 0 Å². The average Bonchev–Trinajstić information content (AvgIpc) is 2.20. The van der Waals surface area contributed by atoms with Crippen molar-refractivity contribution in [2.45, 2.75) is 26.9 Å². The van der Waals surface area contributed by atoms with Gasteiger partial charge < -0.3 is 10.2 Å². The number of aryl methyl sites for hydroxylation is 1. The molecule has 0 amide bonds. The predicted molar refractivity (Wildman–Crippen MR) is 52.4 cm³/mol. The number of aliphatic hydroxyl groups is 2. The van der Waals surface area contributed by atoms with Gasteiger partial charge in [-0.05, 0) is 19.1 Å². The van der Waals surface area contributed by atoms with Crippen LogP contribution in [0.2, 0.25) is 0 Å². The number of rotatable bonds is 2. The van der Waals surface area contributed by atoms with Crippen molar-refractivity contribution in [3.05, 3.63) is 29.6 Å². The minimum absolute atomic E-state index is 0.281. The number of aromatic nitrogens is 1. The van der Waals surface area contributed by atoms with Gasteiger partial charge >= 0.3 is 0 Å². The Morgan fingerprint density at radius 1 is 1.38 bits per heavy atom. The Morgan fingerprint density at radius 3 is 2.46 bits per heavy atom. The summed E-state index contributed by atoms with van der Waals surface area (Å²) in [5.41, 5.74) is 1.36. The monoisotopic (exact) mass is 183 g/mol. The summed E-state index contributed by atoms with van der Waals surface area (Å²) in [6, 6.07) is 5.33. The molecule has 1 rings (SSSR count). The molecule has 1 aromatic rings. The van der Waals surface area contributed by atoms with Crippen LogP contribution in [0.1, 0.15) is 31.3 Å². The molecule has 13 heavy (non-hydrogen) atoms. The van der Waals surface area contributed by atoms with Crippen LogP contribution in [0, 0.1) is 6.92 Å². The molecule has 3 heteroatoms. The summed E-state index contributed by atoms with van der Waals surface area (Å²) < 4.78 is 0. The van der Waals surface area contributed by atoms with Crippen LogP contribution in [-0.2, 0) is 0 Å². The fourth-order valence-corrected chi connectivity index (χ4v) is 0.843. The molecule has 0 radical (unpaired) electrons. The largest absolute Gasteiger partial charge is 0.393 e. The summed E-state index contributed by atoms with van der Waals surface area (Å²) >= 11 is 0.